The third-order valence-corrected chi connectivity index (χ3v) is 4.45. The number of rotatable bonds is 4. The Morgan fingerprint density at radius 3 is 2.56 bits per heavy atom. The summed E-state index contributed by atoms with van der Waals surface area (Å²) in [7, 11) is 0. The summed E-state index contributed by atoms with van der Waals surface area (Å²) in [5.74, 6) is -0.740. The van der Waals surface area contributed by atoms with Crippen LogP contribution in [0, 0.1) is 0 Å². The molecule has 1 aliphatic heterocycles. The minimum absolute atomic E-state index is 0.113. The van der Waals surface area contributed by atoms with Crippen molar-refractivity contribution in [3.8, 4) is 0 Å². The summed E-state index contributed by atoms with van der Waals surface area (Å²) < 4.78 is 5.37. The molecule has 0 unspecified atom stereocenters. The number of carbonyl (C=O) groups is 2. The maximum Gasteiger partial charge on any atom is 0.415 e. The number of carboxylic acid groups (broad SMARTS) is 1. The molecular formula is C20H21NO4. The van der Waals surface area contributed by atoms with Crippen molar-refractivity contribution >= 4 is 17.7 Å². The van der Waals surface area contributed by atoms with Gasteiger partial charge in [0.1, 0.15) is 12.6 Å². The smallest absolute Gasteiger partial charge is 0.415 e. The Labute approximate surface area is 146 Å². The fraction of sp³-hybridized carbons (Fsp3) is 0.300. The predicted molar refractivity (Wildman–Crippen MR) is 94.8 cm³/mol. The molecule has 1 atom stereocenters. The van der Waals surface area contributed by atoms with Crippen LogP contribution in [0.15, 0.2) is 48.5 Å². The number of amides is 1. The number of anilines is 1. The van der Waals surface area contributed by atoms with Crippen molar-refractivity contribution in [2.45, 2.75) is 38.8 Å². The van der Waals surface area contributed by atoms with E-state index >= 15 is 0 Å². The average molecular weight is 339 g/mol. The van der Waals surface area contributed by atoms with Crippen molar-refractivity contribution in [3.63, 3.8) is 0 Å². The molecule has 0 saturated heterocycles. The van der Waals surface area contributed by atoms with E-state index in [-0.39, 0.29) is 12.5 Å². The van der Waals surface area contributed by atoms with E-state index in [1.807, 2.05) is 48.5 Å². The lowest BCUT2D eigenvalue weighted by Gasteiger charge is -2.22. The van der Waals surface area contributed by atoms with Gasteiger partial charge in [-0.2, -0.15) is 0 Å². The molecule has 2 aromatic carbocycles. The molecule has 0 fully saturated rings. The molecule has 1 aliphatic rings. The third kappa shape index (κ3) is 3.50. The minimum Gasteiger partial charge on any atom is -0.480 e. The molecule has 130 valence electrons. The van der Waals surface area contributed by atoms with E-state index in [0.717, 1.165) is 16.7 Å². The van der Waals surface area contributed by atoms with Gasteiger partial charge in [0.15, 0.2) is 0 Å². The van der Waals surface area contributed by atoms with Gasteiger partial charge in [-0.25, -0.2) is 9.59 Å². The number of fused-ring (bicyclic) bond motifs is 1. The van der Waals surface area contributed by atoms with Gasteiger partial charge in [0.05, 0.1) is 5.69 Å². The van der Waals surface area contributed by atoms with Crippen LogP contribution in [0.25, 0.3) is 0 Å². The fourth-order valence-corrected chi connectivity index (χ4v) is 3.02. The zero-order valence-corrected chi connectivity index (χ0v) is 14.3. The highest BCUT2D eigenvalue weighted by Crippen LogP contribution is 2.35. The molecule has 0 aliphatic carbocycles. The SMILES string of the molecule is CC(C)c1ccc2c(c1)N(C(=O)OCc1ccccc1)[C@@H](C(=O)O)C2. The zero-order chi connectivity index (χ0) is 18.0. The van der Waals surface area contributed by atoms with Crippen LogP contribution >= 0.6 is 0 Å². The maximum atomic E-state index is 12.6. The molecule has 0 aromatic heterocycles. The third-order valence-electron chi connectivity index (χ3n) is 4.45. The van der Waals surface area contributed by atoms with E-state index in [1.165, 1.54) is 4.90 Å². The van der Waals surface area contributed by atoms with Crippen LogP contribution < -0.4 is 4.90 Å². The van der Waals surface area contributed by atoms with Gasteiger partial charge in [-0.3, -0.25) is 4.90 Å². The normalized spacial score (nSPS) is 16.0. The van der Waals surface area contributed by atoms with Crippen molar-refractivity contribution in [3.05, 3.63) is 65.2 Å². The van der Waals surface area contributed by atoms with E-state index in [1.54, 1.807) is 0 Å². The van der Waals surface area contributed by atoms with Gasteiger partial charge < -0.3 is 9.84 Å². The van der Waals surface area contributed by atoms with E-state index in [0.29, 0.717) is 12.1 Å². The number of carbonyl (C=O) groups excluding carboxylic acids is 1. The van der Waals surface area contributed by atoms with Crippen LogP contribution in [0.2, 0.25) is 0 Å². The van der Waals surface area contributed by atoms with E-state index < -0.39 is 18.1 Å². The molecule has 1 heterocycles. The maximum absolute atomic E-state index is 12.6. The highest BCUT2D eigenvalue weighted by atomic mass is 16.6. The summed E-state index contributed by atoms with van der Waals surface area (Å²) in [6.45, 7) is 4.23. The van der Waals surface area contributed by atoms with E-state index in [4.69, 9.17) is 4.74 Å². The molecule has 2 aromatic rings. The first-order valence-electron chi connectivity index (χ1n) is 8.33. The molecule has 1 amide bonds. The van der Waals surface area contributed by atoms with Gasteiger partial charge in [-0.1, -0.05) is 56.3 Å². The monoisotopic (exact) mass is 339 g/mol. The van der Waals surface area contributed by atoms with Gasteiger partial charge in [0.25, 0.3) is 0 Å². The lowest BCUT2D eigenvalue weighted by atomic mass is 10.00. The summed E-state index contributed by atoms with van der Waals surface area (Å²) in [5.41, 5.74) is 3.41. The van der Waals surface area contributed by atoms with Crippen LogP contribution in [0.5, 0.6) is 0 Å². The minimum atomic E-state index is -1.03. The second-order valence-electron chi connectivity index (χ2n) is 6.51. The Bertz CT molecular complexity index is 786. The molecule has 1 N–H and O–H groups in total. The van der Waals surface area contributed by atoms with Crippen molar-refractivity contribution < 1.29 is 19.4 Å². The number of benzene rings is 2. The molecule has 0 radical (unpaired) electrons. The lowest BCUT2D eigenvalue weighted by molar-refractivity contribution is -0.138. The van der Waals surface area contributed by atoms with Gasteiger partial charge >= 0.3 is 12.1 Å². The van der Waals surface area contributed by atoms with Crippen molar-refractivity contribution in [2.24, 2.45) is 0 Å². The van der Waals surface area contributed by atoms with Crippen LogP contribution in [0.4, 0.5) is 10.5 Å². The van der Waals surface area contributed by atoms with Gasteiger partial charge in [0.2, 0.25) is 0 Å². The Morgan fingerprint density at radius 1 is 1.20 bits per heavy atom. The summed E-state index contributed by atoms with van der Waals surface area (Å²) in [6.07, 6.45) is -0.334. The topological polar surface area (TPSA) is 66.8 Å². The fourth-order valence-electron chi connectivity index (χ4n) is 3.02. The van der Waals surface area contributed by atoms with Crippen LogP contribution in [0.1, 0.15) is 36.5 Å². The highest BCUT2D eigenvalue weighted by molar-refractivity contribution is 5.98. The molecule has 0 spiro atoms. The number of aliphatic carboxylic acids is 1. The van der Waals surface area contributed by atoms with Gasteiger partial charge in [0, 0.05) is 6.42 Å². The second-order valence-corrected chi connectivity index (χ2v) is 6.51. The summed E-state index contributed by atoms with van der Waals surface area (Å²) in [4.78, 5) is 25.5. The highest BCUT2D eigenvalue weighted by Gasteiger charge is 2.39. The van der Waals surface area contributed by atoms with Gasteiger partial charge in [-0.05, 0) is 28.7 Å². The number of nitrogens with zero attached hydrogens (tertiary/aromatic N) is 1. The summed E-state index contributed by atoms with van der Waals surface area (Å²) >= 11 is 0. The first-order valence-corrected chi connectivity index (χ1v) is 8.33. The quantitative estimate of drug-likeness (QED) is 0.915. The van der Waals surface area contributed by atoms with Crippen molar-refractivity contribution in [1.82, 2.24) is 0 Å². The van der Waals surface area contributed by atoms with Crippen LogP contribution in [-0.2, 0) is 22.6 Å². The molecule has 5 nitrogen and oxygen atoms in total. The largest absolute Gasteiger partial charge is 0.480 e. The Kier molecular flexibility index (Phi) is 4.74. The van der Waals surface area contributed by atoms with Crippen molar-refractivity contribution in [2.75, 3.05) is 4.90 Å². The molecule has 0 saturated carbocycles. The van der Waals surface area contributed by atoms with Crippen LogP contribution in [-0.4, -0.2) is 23.2 Å². The first-order chi connectivity index (χ1) is 12.0. The molecule has 25 heavy (non-hydrogen) atoms. The number of hydrogen-bond donors (Lipinski definition) is 1. The molecular weight excluding hydrogens is 318 g/mol. The molecule has 3 rings (SSSR count). The number of carboxylic acids is 1. The van der Waals surface area contributed by atoms with Crippen LogP contribution in [0.3, 0.4) is 0 Å². The van der Waals surface area contributed by atoms with E-state index in [9.17, 15) is 14.7 Å². The summed E-state index contributed by atoms with van der Waals surface area (Å²) in [6, 6.07) is 14.2. The first kappa shape index (κ1) is 17.0. The summed E-state index contributed by atoms with van der Waals surface area (Å²) in [5, 5.41) is 9.52. The van der Waals surface area contributed by atoms with Crippen molar-refractivity contribution in [1.29, 1.82) is 0 Å². The second kappa shape index (κ2) is 6.97. The number of hydrogen-bond acceptors (Lipinski definition) is 3. The predicted octanol–water partition coefficient (Wildman–Crippen LogP) is 3.96. The zero-order valence-electron chi connectivity index (χ0n) is 14.3. The molecule has 5 heteroatoms. The van der Waals surface area contributed by atoms with E-state index in [2.05, 4.69) is 13.8 Å². The molecule has 0 bridgehead atoms. The van der Waals surface area contributed by atoms with Gasteiger partial charge in [-0.15, -0.1) is 0 Å². The Morgan fingerprint density at radius 2 is 1.92 bits per heavy atom. The standard InChI is InChI=1S/C20H21NO4/c1-13(2)15-8-9-16-11-18(19(22)23)21(17(16)10-15)20(24)25-12-14-6-4-3-5-7-14/h3-10,13,18H,11-12H2,1-2H3,(H,22,23)/t18-/m1/s1. The Balaban J connectivity index is 1.85. The average Bonchev–Trinajstić information content (AvgIpc) is 2.99. The lowest BCUT2D eigenvalue weighted by Crippen LogP contribution is -2.43. The Hall–Kier alpha value is -2.82. The number of ether oxygens (including phenoxy) is 1.